The van der Waals surface area contributed by atoms with Crippen molar-refractivity contribution in [1.82, 2.24) is 0 Å². The van der Waals surface area contributed by atoms with Gasteiger partial charge in [-0.2, -0.15) is 0 Å². The molecule has 0 atom stereocenters. The molecule has 0 aromatic heterocycles. The minimum atomic E-state index is -1.30. The molecular formula is C14H22OSi. The van der Waals surface area contributed by atoms with Crippen LogP contribution >= 0.6 is 0 Å². The first-order valence-electron chi connectivity index (χ1n) is 5.80. The first-order valence-corrected chi connectivity index (χ1v) is 9.01. The molecule has 88 valence electrons. The Morgan fingerprint density at radius 1 is 1.25 bits per heavy atom. The second-order valence-electron chi connectivity index (χ2n) is 6.17. The van der Waals surface area contributed by atoms with Gasteiger partial charge in [0.2, 0.25) is 0 Å². The van der Waals surface area contributed by atoms with Gasteiger partial charge in [0.15, 0.2) is 0 Å². The standard InChI is InChI=1S/C14H22OSi/c1-14(2,3)16(4,5)11-13-8-6-7-12(9-13)10-15/h6-10H,11H2,1-5H3. The van der Waals surface area contributed by atoms with Crippen molar-refractivity contribution < 1.29 is 4.79 Å². The molecule has 1 aromatic carbocycles. The maximum Gasteiger partial charge on any atom is 0.150 e. The van der Waals surface area contributed by atoms with Gasteiger partial charge in [0.05, 0.1) is 8.07 Å². The zero-order chi connectivity index (χ0) is 12.4. The van der Waals surface area contributed by atoms with Crippen molar-refractivity contribution in [3.05, 3.63) is 35.4 Å². The van der Waals surface area contributed by atoms with Gasteiger partial charge in [-0.25, -0.2) is 0 Å². The molecular weight excluding hydrogens is 212 g/mol. The van der Waals surface area contributed by atoms with Crippen molar-refractivity contribution in [2.75, 3.05) is 0 Å². The highest BCUT2D eigenvalue weighted by Crippen LogP contribution is 2.37. The monoisotopic (exact) mass is 234 g/mol. The Labute approximate surface area is 99.9 Å². The van der Waals surface area contributed by atoms with Crippen molar-refractivity contribution in [1.29, 1.82) is 0 Å². The number of aldehydes is 1. The van der Waals surface area contributed by atoms with Gasteiger partial charge in [0.25, 0.3) is 0 Å². The fourth-order valence-corrected chi connectivity index (χ4v) is 3.32. The van der Waals surface area contributed by atoms with Crippen LogP contribution in [0.1, 0.15) is 36.7 Å². The van der Waals surface area contributed by atoms with Crippen LogP contribution < -0.4 is 0 Å². The molecule has 0 spiro atoms. The summed E-state index contributed by atoms with van der Waals surface area (Å²) in [6.07, 6.45) is 0.926. The highest BCUT2D eigenvalue weighted by atomic mass is 28.3. The van der Waals surface area contributed by atoms with Crippen molar-refractivity contribution >= 4 is 14.4 Å². The molecule has 0 radical (unpaired) electrons. The van der Waals surface area contributed by atoms with Crippen LogP contribution in [0.15, 0.2) is 24.3 Å². The van der Waals surface area contributed by atoms with E-state index in [0.29, 0.717) is 5.04 Å². The Morgan fingerprint density at radius 3 is 2.38 bits per heavy atom. The Balaban J connectivity index is 2.92. The first-order chi connectivity index (χ1) is 7.26. The van der Waals surface area contributed by atoms with Crippen LogP contribution in [-0.4, -0.2) is 14.4 Å². The Morgan fingerprint density at radius 2 is 1.88 bits per heavy atom. The van der Waals surface area contributed by atoms with Crippen molar-refractivity contribution in [2.24, 2.45) is 0 Å². The highest BCUT2D eigenvalue weighted by Gasteiger charge is 2.34. The molecule has 0 heterocycles. The quantitative estimate of drug-likeness (QED) is 0.568. The number of carbonyl (C=O) groups is 1. The minimum absolute atomic E-state index is 0.393. The topological polar surface area (TPSA) is 17.1 Å². The summed E-state index contributed by atoms with van der Waals surface area (Å²) in [5.41, 5.74) is 2.09. The molecule has 16 heavy (non-hydrogen) atoms. The first kappa shape index (κ1) is 13.2. The Hall–Kier alpha value is -0.893. The summed E-state index contributed by atoms with van der Waals surface area (Å²) in [6.45, 7) is 11.8. The summed E-state index contributed by atoms with van der Waals surface area (Å²) in [7, 11) is -1.30. The van der Waals surface area contributed by atoms with Crippen LogP contribution in [0.3, 0.4) is 0 Å². The van der Waals surface area contributed by atoms with Crippen molar-refractivity contribution in [2.45, 2.75) is 44.9 Å². The van der Waals surface area contributed by atoms with E-state index in [-0.39, 0.29) is 0 Å². The summed E-state index contributed by atoms with van der Waals surface area (Å²) in [5.74, 6) is 0. The predicted molar refractivity (Wildman–Crippen MR) is 72.7 cm³/mol. The number of carbonyl (C=O) groups excluding carboxylic acids is 1. The molecule has 0 unspecified atom stereocenters. The van der Waals surface area contributed by atoms with Crippen molar-refractivity contribution in [3.63, 3.8) is 0 Å². The minimum Gasteiger partial charge on any atom is -0.298 e. The van der Waals surface area contributed by atoms with E-state index in [1.165, 1.54) is 5.56 Å². The SMILES string of the molecule is CC(C)(C)[Si](C)(C)Cc1cccc(C=O)c1. The summed E-state index contributed by atoms with van der Waals surface area (Å²) < 4.78 is 0. The third-order valence-corrected chi connectivity index (χ3v) is 9.12. The van der Waals surface area contributed by atoms with Gasteiger partial charge in [-0.1, -0.05) is 52.1 Å². The number of benzene rings is 1. The van der Waals surface area contributed by atoms with Gasteiger partial charge in [0.1, 0.15) is 6.29 Å². The fraction of sp³-hybridized carbons (Fsp3) is 0.500. The van der Waals surface area contributed by atoms with Crippen LogP contribution in [0.2, 0.25) is 18.1 Å². The number of rotatable bonds is 3. The average Bonchev–Trinajstić information content (AvgIpc) is 2.15. The molecule has 1 nitrogen and oxygen atoms in total. The summed E-state index contributed by atoms with van der Waals surface area (Å²) in [4.78, 5) is 10.7. The lowest BCUT2D eigenvalue weighted by Crippen LogP contribution is -2.39. The van der Waals surface area contributed by atoms with Gasteiger partial charge in [-0.3, -0.25) is 4.79 Å². The molecule has 0 aliphatic heterocycles. The summed E-state index contributed by atoms with van der Waals surface area (Å²) >= 11 is 0. The van der Waals surface area contributed by atoms with E-state index in [1.54, 1.807) is 0 Å². The molecule has 1 aromatic rings. The molecule has 0 fully saturated rings. The molecule has 0 saturated heterocycles. The van der Waals surface area contributed by atoms with E-state index in [9.17, 15) is 4.79 Å². The fourth-order valence-electron chi connectivity index (χ4n) is 1.55. The molecule has 0 aliphatic rings. The van der Waals surface area contributed by atoms with Gasteiger partial charge < -0.3 is 0 Å². The van der Waals surface area contributed by atoms with Gasteiger partial charge in [0, 0.05) is 5.56 Å². The maximum atomic E-state index is 10.7. The zero-order valence-corrected chi connectivity index (χ0v) is 12.0. The van der Waals surface area contributed by atoms with E-state index in [1.807, 2.05) is 18.2 Å². The second-order valence-corrected chi connectivity index (χ2v) is 11.8. The lowest BCUT2D eigenvalue weighted by molar-refractivity contribution is 0.112. The maximum absolute atomic E-state index is 10.7. The van der Waals surface area contributed by atoms with E-state index >= 15 is 0 Å². The van der Waals surface area contributed by atoms with Crippen LogP contribution in [0, 0.1) is 0 Å². The summed E-state index contributed by atoms with van der Waals surface area (Å²) in [6, 6.07) is 9.13. The molecule has 0 amide bonds. The zero-order valence-electron chi connectivity index (χ0n) is 11.0. The normalized spacial score (nSPS) is 12.6. The Bertz CT molecular complexity index is 375. The molecule has 0 aliphatic carbocycles. The number of hydrogen-bond donors (Lipinski definition) is 0. The lowest BCUT2D eigenvalue weighted by Gasteiger charge is -2.37. The lowest BCUT2D eigenvalue weighted by atomic mass is 10.2. The average molecular weight is 234 g/mol. The Kier molecular flexibility index (Phi) is 3.74. The predicted octanol–water partition coefficient (Wildman–Crippen LogP) is 4.09. The van der Waals surface area contributed by atoms with Crippen LogP contribution in [0.4, 0.5) is 0 Å². The number of hydrogen-bond acceptors (Lipinski definition) is 1. The van der Waals surface area contributed by atoms with Crippen LogP contribution in [0.5, 0.6) is 0 Å². The smallest absolute Gasteiger partial charge is 0.150 e. The van der Waals surface area contributed by atoms with Gasteiger partial charge in [-0.05, 0) is 22.7 Å². The molecule has 0 saturated carbocycles. The van der Waals surface area contributed by atoms with Crippen LogP contribution in [0.25, 0.3) is 0 Å². The highest BCUT2D eigenvalue weighted by molar-refractivity contribution is 6.79. The van der Waals surface area contributed by atoms with E-state index in [0.717, 1.165) is 17.9 Å². The van der Waals surface area contributed by atoms with E-state index in [4.69, 9.17) is 0 Å². The van der Waals surface area contributed by atoms with Crippen molar-refractivity contribution in [3.8, 4) is 0 Å². The van der Waals surface area contributed by atoms with Gasteiger partial charge >= 0.3 is 0 Å². The third-order valence-electron chi connectivity index (χ3n) is 3.76. The van der Waals surface area contributed by atoms with Crippen LogP contribution in [-0.2, 0) is 6.04 Å². The van der Waals surface area contributed by atoms with E-state index in [2.05, 4.69) is 39.9 Å². The molecule has 0 N–H and O–H groups in total. The van der Waals surface area contributed by atoms with E-state index < -0.39 is 8.07 Å². The van der Waals surface area contributed by atoms with Gasteiger partial charge in [-0.15, -0.1) is 0 Å². The second kappa shape index (κ2) is 4.54. The summed E-state index contributed by atoms with van der Waals surface area (Å²) in [5, 5.41) is 0.393. The molecule has 0 bridgehead atoms. The molecule has 1 rings (SSSR count). The molecule has 2 heteroatoms. The third kappa shape index (κ3) is 3.05. The largest absolute Gasteiger partial charge is 0.298 e.